The van der Waals surface area contributed by atoms with E-state index in [-0.39, 0.29) is 0 Å². The second-order valence-electron chi connectivity index (χ2n) is 6.05. The van der Waals surface area contributed by atoms with Crippen molar-refractivity contribution in [2.45, 2.75) is 27.3 Å². The van der Waals surface area contributed by atoms with Crippen molar-refractivity contribution in [2.24, 2.45) is 0 Å². The molecule has 0 amide bonds. The van der Waals surface area contributed by atoms with Gasteiger partial charge in [0.2, 0.25) is 5.95 Å². The molecule has 0 saturated carbocycles. The van der Waals surface area contributed by atoms with Gasteiger partial charge in [-0.1, -0.05) is 47.5 Å². The largest absolute Gasteiger partial charge is 0.366 e. The molecule has 0 saturated heterocycles. The van der Waals surface area contributed by atoms with Gasteiger partial charge in [0.15, 0.2) is 0 Å². The van der Waals surface area contributed by atoms with E-state index in [1.54, 1.807) is 0 Å². The van der Waals surface area contributed by atoms with Crippen molar-refractivity contribution in [1.29, 1.82) is 0 Å². The Balaban J connectivity index is 1.71. The third-order valence-corrected chi connectivity index (χ3v) is 3.76. The maximum atomic E-state index is 4.55. The molecule has 0 atom stereocenters. The van der Waals surface area contributed by atoms with Crippen LogP contribution in [0.4, 0.5) is 17.5 Å². The fourth-order valence-corrected chi connectivity index (χ4v) is 2.38. The molecule has 0 bridgehead atoms. The van der Waals surface area contributed by atoms with E-state index < -0.39 is 0 Å². The first kappa shape index (κ1) is 16.0. The zero-order valence-electron chi connectivity index (χ0n) is 14.3. The lowest BCUT2D eigenvalue weighted by atomic mass is 10.1. The summed E-state index contributed by atoms with van der Waals surface area (Å²) in [5.41, 5.74) is 5.62. The van der Waals surface area contributed by atoms with Gasteiger partial charge in [0, 0.05) is 24.0 Å². The molecule has 0 fully saturated rings. The van der Waals surface area contributed by atoms with Crippen molar-refractivity contribution in [1.82, 2.24) is 9.97 Å². The molecule has 0 unspecified atom stereocenters. The number of nitrogens with one attached hydrogen (secondary N) is 2. The maximum absolute atomic E-state index is 4.55. The third kappa shape index (κ3) is 4.32. The summed E-state index contributed by atoms with van der Waals surface area (Å²) < 4.78 is 0. The minimum Gasteiger partial charge on any atom is -0.366 e. The van der Waals surface area contributed by atoms with Crippen molar-refractivity contribution in [3.05, 3.63) is 77.0 Å². The number of benzene rings is 2. The van der Waals surface area contributed by atoms with Crippen molar-refractivity contribution in [2.75, 3.05) is 10.6 Å². The fourth-order valence-electron chi connectivity index (χ4n) is 2.38. The van der Waals surface area contributed by atoms with Gasteiger partial charge >= 0.3 is 0 Å². The normalized spacial score (nSPS) is 10.5. The van der Waals surface area contributed by atoms with Gasteiger partial charge in [-0.05, 0) is 38.5 Å². The zero-order chi connectivity index (χ0) is 16.9. The summed E-state index contributed by atoms with van der Waals surface area (Å²) in [6.45, 7) is 6.87. The Hall–Kier alpha value is -2.88. The van der Waals surface area contributed by atoms with E-state index in [9.17, 15) is 0 Å². The monoisotopic (exact) mass is 318 g/mol. The average Bonchev–Trinajstić information content (AvgIpc) is 2.56. The molecule has 0 aliphatic carbocycles. The smallest absolute Gasteiger partial charge is 0.229 e. The van der Waals surface area contributed by atoms with Crippen LogP contribution in [0.2, 0.25) is 0 Å². The topological polar surface area (TPSA) is 49.8 Å². The average molecular weight is 318 g/mol. The standard InChI is InChI=1S/C20H22N4/c1-14-4-8-17(9-5-14)13-21-19-12-16(3)22-20(24-19)23-18-10-6-15(2)7-11-18/h4-12H,13H2,1-3H3,(H2,21,22,23,24). The first-order valence-corrected chi connectivity index (χ1v) is 8.07. The molecule has 2 aromatic carbocycles. The van der Waals surface area contributed by atoms with Gasteiger partial charge in [-0.25, -0.2) is 4.98 Å². The van der Waals surface area contributed by atoms with Gasteiger partial charge < -0.3 is 10.6 Å². The van der Waals surface area contributed by atoms with Gasteiger partial charge in [-0.3, -0.25) is 0 Å². The maximum Gasteiger partial charge on any atom is 0.229 e. The Morgan fingerprint density at radius 3 is 2.08 bits per heavy atom. The molecular formula is C20H22N4. The predicted octanol–water partition coefficient (Wildman–Crippen LogP) is 4.76. The van der Waals surface area contributed by atoms with Crippen LogP contribution in [0.3, 0.4) is 0 Å². The second kappa shape index (κ2) is 7.13. The van der Waals surface area contributed by atoms with Gasteiger partial charge in [-0.15, -0.1) is 0 Å². The lowest BCUT2D eigenvalue weighted by Gasteiger charge is -2.10. The molecule has 2 N–H and O–H groups in total. The van der Waals surface area contributed by atoms with Crippen molar-refractivity contribution >= 4 is 17.5 Å². The van der Waals surface area contributed by atoms with Gasteiger partial charge in [0.1, 0.15) is 5.82 Å². The minimum atomic E-state index is 0.602. The quantitative estimate of drug-likeness (QED) is 0.712. The van der Waals surface area contributed by atoms with E-state index in [0.717, 1.165) is 23.7 Å². The Kier molecular flexibility index (Phi) is 4.75. The number of nitrogens with zero attached hydrogens (tertiary/aromatic N) is 2. The number of aryl methyl sites for hydroxylation is 3. The first-order valence-electron chi connectivity index (χ1n) is 8.07. The van der Waals surface area contributed by atoms with E-state index in [2.05, 4.69) is 70.8 Å². The van der Waals surface area contributed by atoms with Crippen LogP contribution in [0.5, 0.6) is 0 Å². The molecule has 0 radical (unpaired) electrons. The third-order valence-electron chi connectivity index (χ3n) is 3.76. The first-order chi connectivity index (χ1) is 11.6. The molecule has 0 aliphatic rings. The predicted molar refractivity (Wildman–Crippen MR) is 99.7 cm³/mol. The summed E-state index contributed by atoms with van der Waals surface area (Å²) in [4.78, 5) is 9.01. The van der Waals surface area contributed by atoms with E-state index in [4.69, 9.17) is 0 Å². The van der Waals surface area contributed by atoms with E-state index >= 15 is 0 Å². The molecule has 1 heterocycles. The summed E-state index contributed by atoms with van der Waals surface area (Å²) in [7, 11) is 0. The number of rotatable bonds is 5. The summed E-state index contributed by atoms with van der Waals surface area (Å²) >= 11 is 0. The van der Waals surface area contributed by atoms with Crippen molar-refractivity contribution < 1.29 is 0 Å². The van der Waals surface area contributed by atoms with E-state index in [1.807, 2.05) is 25.1 Å². The molecule has 3 rings (SSSR count). The molecule has 0 spiro atoms. The molecule has 3 aromatic rings. The summed E-state index contributed by atoms with van der Waals surface area (Å²) in [5, 5.41) is 6.62. The Bertz CT molecular complexity index is 808. The van der Waals surface area contributed by atoms with Gasteiger partial charge in [0.25, 0.3) is 0 Å². The molecule has 24 heavy (non-hydrogen) atoms. The summed E-state index contributed by atoms with van der Waals surface area (Å²) in [6.07, 6.45) is 0. The summed E-state index contributed by atoms with van der Waals surface area (Å²) in [6, 6.07) is 18.6. The Morgan fingerprint density at radius 2 is 1.42 bits per heavy atom. The van der Waals surface area contributed by atoms with Crippen LogP contribution in [0, 0.1) is 20.8 Å². The van der Waals surface area contributed by atoms with E-state index in [0.29, 0.717) is 5.95 Å². The highest BCUT2D eigenvalue weighted by Gasteiger charge is 2.03. The van der Waals surface area contributed by atoms with Crippen LogP contribution in [-0.4, -0.2) is 9.97 Å². The molecule has 122 valence electrons. The highest BCUT2D eigenvalue weighted by molar-refractivity contribution is 5.55. The lowest BCUT2D eigenvalue weighted by molar-refractivity contribution is 1.06. The molecule has 4 nitrogen and oxygen atoms in total. The van der Waals surface area contributed by atoms with Crippen LogP contribution in [-0.2, 0) is 6.54 Å². The zero-order valence-corrected chi connectivity index (χ0v) is 14.3. The number of hydrogen-bond donors (Lipinski definition) is 2. The van der Waals surface area contributed by atoms with Gasteiger partial charge in [-0.2, -0.15) is 4.98 Å². The van der Waals surface area contributed by atoms with Crippen molar-refractivity contribution in [3.8, 4) is 0 Å². The van der Waals surface area contributed by atoms with Crippen LogP contribution < -0.4 is 10.6 Å². The van der Waals surface area contributed by atoms with Crippen LogP contribution in [0.1, 0.15) is 22.4 Å². The molecular weight excluding hydrogens is 296 g/mol. The van der Waals surface area contributed by atoms with Crippen LogP contribution in [0.15, 0.2) is 54.6 Å². The summed E-state index contributed by atoms with van der Waals surface area (Å²) in [5.74, 6) is 1.42. The highest BCUT2D eigenvalue weighted by Crippen LogP contribution is 2.17. The molecule has 0 aliphatic heterocycles. The fraction of sp³-hybridized carbons (Fsp3) is 0.200. The molecule has 4 heteroatoms. The lowest BCUT2D eigenvalue weighted by Crippen LogP contribution is -2.05. The minimum absolute atomic E-state index is 0.602. The second-order valence-corrected chi connectivity index (χ2v) is 6.05. The SMILES string of the molecule is Cc1ccc(CNc2cc(C)nc(Nc3ccc(C)cc3)n2)cc1. The Labute approximate surface area is 143 Å². The number of hydrogen-bond acceptors (Lipinski definition) is 4. The van der Waals surface area contributed by atoms with E-state index in [1.165, 1.54) is 16.7 Å². The van der Waals surface area contributed by atoms with Crippen LogP contribution >= 0.6 is 0 Å². The number of anilines is 3. The highest BCUT2D eigenvalue weighted by atomic mass is 15.1. The Morgan fingerprint density at radius 1 is 0.792 bits per heavy atom. The van der Waals surface area contributed by atoms with Crippen LogP contribution in [0.25, 0.3) is 0 Å². The van der Waals surface area contributed by atoms with Crippen molar-refractivity contribution in [3.63, 3.8) is 0 Å². The number of aromatic nitrogens is 2. The van der Waals surface area contributed by atoms with Gasteiger partial charge in [0.05, 0.1) is 0 Å². The molecule has 1 aromatic heterocycles.